The standard InChI is InChI=1S/C45H59IN6O10S2Si/c1-44(2,3)51(43(53)54)29-37(30-62-65(10,11)45(4,5)6)63(55,56)39-25-24-38(46)40(42-47-49-52(48-42)28-33-16-22-36(61-9)23-17-33)41(39)64(57,58)50(26-31-12-18-34(59-7)19-13-31)27-32-14-20-35(60-8)21-15-32/h12-25,37H,26-30H2,1-11H3,(H,53,54). The Morgan fingerprint density at radius 1 is 0.769 bits per heavy atom. The summed E-state index contributed by atoms with van der Waals surface area (Å²) >= 11 is 1.95. The van der Waals surface area contributed by atoms with Crippen molar-refractivity contribution >= 4 is 56.9 Å². The Bertz CT molecular complexity index is 2600. The molecule has 16 nitrogen and oxygen atoms in total. The van der Waals surface area contributed by atoms with E-state index >= 15 is 16.8 Å². The monoisotopic (exact) mass is 1060 g/mol. The first-order valence-corrected chi connectivity index (χ1v) is 27.7. The molecule has 0 radical (unpaired) electrons. The van der Waals surface area contributed by atoms with E-state index in [1.54, 1.807) is 88.5 Å². The van der Waals surface area contributed by atoms with E-state index in [9.17, 15) is 9.90 Å². The fraction of sp³-hybridized carbons (Fsp3) is 0.422. The smallest absolute Gasteiger partial charge is 0.407 e. The maximum absolute atomic E-state index is 15.9. The molecule has 65 heavy (non-hydrogen) atoms. The molecule has 5 rings (SSSR count). The number of rotatable bonds is 19. The van der Waals surface area contributed by atoms with Crippen LogP contribution in [0.3, 0.4) is 0 Å². The molecule has 1 heterocycles. The molecule has 0 saturated carbocycles. The highest BCUT2D eigenvalue weighted by Gasteiger charge is 2.44. The molecule has 0 aliphatic heterocycles. The average Bonchev–Trinajstić information content (AvgIpc) is 3.70. The van der Waals surface area contributed by atoms with Gasteiger partial charge in [0.15, 0.2) is 18.2 Å². The van der Waals surface area contributed by atoms with Gasteiger partial charge >= 0.3 is 6.09 Å². The molecule has 1 unspecified atom stereocenters. The maximum Gasteiger partial charge on any atom is 0.407 e. The highest BCUT2D eigenvalue weighted by Crippen LogP contribution is 2.41. The second kappa shape index (κ2) is 20.5. The van der Waals surface area contributed by atoms with Gasteiger partial charge in [-0.05, 0) is 132 Å². The van der Waals surface area contributed by atoms with Gasteiger partial charge in [0.2, 0.25) is 15.8 Å². The Morgan fingerprint density at radius 3 is 1.68 bits per heavy atom. The number of nitrogens with zero attached hydrogens (tertiary/aromatic N) is 6. The molecule has 1 amide bonds. The van der Waals surface area contributed by atoms with Crippen molar-refractivity contribution < 1.29 is 45.4 Å². The van der Waals surface area contributed by atoms with Crippen LogP contribution in [0.5, 0.6) is 17.2 Å². The van der Waals surface area contributed by atoms with Crippen molar-refractivity contribution in [3.63, 3.8) is 0 Å². The Balaban J connectivity index is 1.80. The van der Waals surface area contributed by atoms with Crippen LogP contribution in [0.4, 0.5) is 4.79 Å². The number of benzene rings is 4. The highest BCUT2D eigenvalue weighted by atomic mass is 127. The van der Waals surface area contributed by atoms with Gasteiger partial charge in [-0.25, -0.2) is 21.6 Å². The quantitative estimate of drug-likeness (QED) is 0.0614. The van der Waals surface area contributed by atoms with E-state index in [1.165, 1.54) is 35.5 Å². The third-order valence-corrected chi connectivity index (χ3v) is 21.0. The van der Waals surface area contributed by atoms with Crippen LogP contribution in [0.25, 0.3) is 11.4 Å². The summed E-state index contributed by atoms with van der Waals surface area (Å²) in [5, 5.41) is 21.8. The molecule has 0 aliphatic rings. The number of sulfone groups is 1. The van der Waals surface area contributed by atoms with Crippen molar-refractivity contribution in [1.29, 1.82) is 0 Å². The summed E-state index contributed by atoms with van der Waals surface area (Å²) in [4.78, 5) is 14.0. The first-order valence-electron chi connectivity index (χ1n) is 20.7. The number of halogens is 1. The molecule has 0 aliphatic carbocycles. The highest BCUT2D eigenvalue weighted by molar-refractivity contribution is 14.1. The number of ether oxygens (including phenoxy) is 3. The van der Waals surface area contributed by atoms with Crippen LogP contribution in [0.2, 0.25) is 18.1 Å². The van der Waals surface area contributed by atoms with Gasteiger partial charge < -0.3 is 28.6 Å². The van der Waals surface area contributed by atoms with Gasteiger partial charge in [0, 0.05) is 28.7 Å². The molecule has 1 aromatic heterocycles. The van der Waals surface area contributed by atoms with Crippen LogP contribution in [0.15, 0.2) is 94.7 Å². The number of hydrogen-bond donors (Lipinski definition) is 1. The van der Waals surface area contributed by atoms with Crippen LogP contribution in [-0.2, 0) is 43.9 Å². The van der Waals surface area contributed by atoms with E-state index in [-0.39, 0.29) is 36.1 Å². The van der Waals surface area contributed by atoms with Gasteiger partial charge in [-0.2, -0.15) is 9.10 Å². The summed E-state index contributed by atoms with van der Waals surface area (Å²) in [6.07, 6.45) is -1.34. The lowest BCUT2D eigenvalue weighted by Gasteiger charge is -2.39. The molecule has 0 fully saturated rings. The third kappa shape index (κ3) is 12.2. The van der Waals surface area contributed by atoms with Gasteiger partial charge in [-0.15, -0.1) is 10.2 Å². The molecule has 0 saturated heterocycles. The Morgan fingerprint density at radius 2 is 1.25 bits per heavy atom. The van der Waals surface area contributed by atoms with Crippen LogP contribution >= 0.6 is 22.6 Å². The van der Waals surface area contributed by atoms with Crippen LogP contribution in [0.1, 0.15) is 58.2 Å². The minimum absolute atomic E-state index is 0.0860. The normalized spacial score (nSPS) is 13.1. The Kier molecular flexibility index (Phi) is 16.2. The number of amides is 1. The predicted octanol–water partition coefficient (Wildman–Crippen LogP) is 8.35. The van der Waals surface area contributed by atoms with E-state index in [0.29, 0.717) is 31.9 Å². The van der Waals surface area contributed by atoms with E-state index in [1.807, 2.05) is 68.6 Å². The minimum atomic E-state index is -4.88. The van der Waals surface area contributed by atoms with Crippen molar-refractivity contribution in [2.45, 2.75) is 99.9 Å². The maximum atomic E-state index is 15.9. The van der Waals surface area contributed by atoms with E-state index in [4.69, 9.17) is 18.6 Å². The number of aromatic nitrogens is 4. The summed E-state index contributed by atoms with van der Waals surface area (Å²) < 4.78 is 87.2. The summed E-state index contributed by atoms with van der Waals surface area (Å²) in [6, 6.07) is 23.7. The van der Waals surface area contributed by atoms with Crippen LogP contribution < -0.4 is 14.2 Å². The van der Waals surface area contributed by atoms with Crippen LogP contribution in [-0.4, -0.2) is 111 Å². The number of hydrogen-bond acceptors (Lipinski definition) is 12. The predicted molar refractivity (Wildman–Crippen MR) is 259 cm³/mol. The van der Waals surface area contributed by atoms with E-state index in [2.05, 4.69) is 15.4 Å². The molecule has 20 heteroatoms. The van der Waals surface area contributed by atoms with Gasteiger partial charge in [0.1, 0.15) is 27.4 Å². The summed E-state index contributed by atoms with van der Waals surface area (Å²) in [5.41, 5.74) is 0.849. The van der Waals surface area contributed by atoms with Crippen molar-refractivity contribution in [2.75, 3.05) is 34.5 Å². The molecule has 4 aromatic carbocycles. The zero-order valence-electron chi connectivity index (χ0n) is 38.7. The SMILES string of the molecule is COc1ccc(CN(Cc2ccc(OC)cc2)S(=O)(=O)c2c(S(=O)(=O)C(CO[Si](C)(C)C(C)(C)C)CN(C(=O)O)C(C)(C)C)ccc(I)c2-c2nnn(Cc3ccc(OC)cc3)n2)cc1. The lowest BCUT2D eigenvalue weighted by molar-refractivity contribution is 0.0964. The first-order chi connectivity index (χ1) is 30.3. The summed E-state index contributed by atoms with van der Waals surface area (Å²) in [5.74, 6) is 1.64. The minimum Gasteiger partial charge on any atom is -0.497 e. The van der Waals surface area contributed by atoms with Crippen LogP contribution in [0, 0.1) is 3.57 Å². The zero-order valence-corrected chi connectivity index (χ0v) is 43.5. The van der Waals surface area contributed by atoms with Crippen molar-refractivity contribution in [1.82, 2.24) is 29.4 Å². The summed E-state index contributed by atoms with van der Waals surface area (Å²) in [7, 11) is -7.74. The molecular weight excluding hydrogens is 1000 g/mol. The fourth-order valence-corrected chi connectivity index (χ4v) is 12.5. The summed E-state index contributed by atoms with van der Waals surface area (Å²) in [6.45, 7) is 13.8. The van der Waals surface area contributed by atoms with E-state index in [0.717, 1.165) is 10.5 Å². The third-order valence-electron chi connectivity index (χ3n) is 11.5. The molecule has 0 spiro atoms. The number of tetrazole rings is 1. The second-order valence-corrected chi connectivity index (χ2v) is 28.1. The number of carbonyl (C=O) groups is 1. The molecule has 0 bridgehead atoms. The molecular formula is C45H59IN6O10S2Si. The number of carboxylic acid groups (broad SMARTS) is 1. The zero-order chi connectivity index (χ0) is 48.1. The van der Waals surface area contributed by atoms with Gasteiger partial charge in [-0.1, -0.05) is 57.2 Å². The first kappa shape index (κ1) is 51.4. The molecule has 1 atom stereocenters. The number of sulfonamides is 1. The Hall–Kier alpha value is -4.61. The largest absolute Gasteiger partial charge is 0.497 e. The van der Waals surface area contributed by atoms with E-state index < -0.39 is 68.0 Å². The average molecular weight is 1060 g/mol. The van der Waals surface area contributed by atoms with Crippen molar-refractivity contribution in [3.05, 3.63) is 105 Å². The van der Waals surface area contributed by atoms with Crippen molar-refractivity contribution in [2.24, 2.45) is 0 Å². The number of methoxy groups -OCH3 is 3. The van der Waals surface area contributed by atoms with Crippen molar-refractivity contribution in [3.8, 4) is 28.6 Å². The molecule has 1 N–H and O–H groups in total. The molecule has 5 aromatic rings. The molecule has 352 valence electrons. The fourth-order valence-electron chi connectivity index (χ4n) is 6.54. The lowest BCUT2D eigenvalue weighted by atomic mass is 10.1. The van der Waals surface area contributed by atoms with Gasteiger partial charge in [0.05, 0.1) is 44.9 Å². The van der Waals surface area contributed by atoms with Gasteiger partial charge in [0.25, 0.3) is 0 Å². The topological polar surface area (TPSA) is 193 Å². The lowest BCUT2D eigenvalue weighted by Crippen LogP contribution is -2.52. The second-order valence-electron chi connectivity index (χ2n) is 18.0. The van der Waals surface area contributed by atoms with Gasteiger partial charge in [-0.3, -0.25) is 0 Å². The Labute approximate surface area is 397 Å².